The first-order chi connectivity index (χ1) is 9.51. The number of hydrogen-bond acceptors (Lipinski definition) is 4. The fraction of sp³-hybridized carbons (Fsp3) is 0.250. The highest BCUT2D eigenvalue weighted by atomic mass is 79.9. The van der Waals surface area contributed by atoms with E-state index in [1.807, 2.05) is 6.92 Å². The molecule has 0 aliphatic heterocycles. The molecule has 0 fully saturated rings. The summed E-state index contributed by atoms with van der Waals surface area (Å²) in [5.74, 6) is 0.684. The molecule has 0 saturated heterocycles. The maximum absolute atomic E-state index is 11.7. The third-order valence-corrected chi connectivity index (χ3v) is 3.47. The number of aromatic nitrogens is 3. The molecule has 0 saturated carbocycles. The fourth-order valence-corrected chi connectivity index (χ4v) is 2.15. The standard InChI is InChI=1S/C12H12BrClN4O2/c1-2-15-10-4-3-8(14)9(16-10)6-18-5-7(13)11(19)17-12(18)20/h3-5H,2,6H2,1H3,(H,15,16)(H,17,19,20). The minimum Gasteiger partial charge on any atom is -0.370 e. The van der Waals surface area contributed by atoms with Crippen LogP contribution in [0.2, 0.25) is 5.02 Å². The lowest BCUT2D eigenvalue weighted by Crippen LogP contribution is -2.30. The highest BCUT2D eigenvalue weighted by molar-refractivity contribution is 9.10. The number of halogens is 2. The van der Waals surface area contributed by atoms with Gasteiger partial charge in [-0.15, -0.1) is 0 Å². The van der Waals surface area contributed by atoms with E-state index in [0.29, 0.717) is 16.5 Å². The Hall–Kier alpha value is -1.60. The molecule has 0 spiro atoms. The lowest BCUT2D eigenvalue weighted by atomic mass is 10.3. The van der Waals surface area contributed by atoms with Gasteiger partial charge in [0, 0.05) is 12.7 Å². The summed E-state index contributed by atoms with van der Waals surface area (Å²) in [5.41, 5.74) is -0.428. The molecule has 0 atom stereocenters. The van der Waals surface area contributed by atoms with Crippen molar-refractivity contribution in [2.24, 2.45) is 0 Å². The maximum Gasteiger partial charge on any atom is 0.328 e. The Labute approximate surface area is 127 Å². The summed E-state index contributed by atoms with van der Waals surface area (Å²) in [7, 11) is 0. The summed E-state index contributed by atoms with van der Waals surface area (Å²) in [4.78, 5) is 29.5. The minimum atomic E-state index is -0.509. The second-order valence-electron chi connectivity index (χ2n) is 4.02. The first-order valence-electron chi connectivity index (χ1n) is 5.90. The molecule has 2 aromatic rings. The summed E-state index contributed by atoms with van der Waals surface area (Å²) in [6, 6.07) is 3.48. The molecule has 8 heteroatoms. The van der Waals surface area contributed by atoms with Gasteiger partial charge in [-0.3, -0.25) is 14.3 Å². The molecule has 0 amide bonds. The van der Waals surface area contributed by atoms with Crippen LogP contribution in [0.1, 0.15) is 12.6 Å². The van der Waals surface area contributed by atoms with Crippen molar-refractivity contribution in [3.8, 4) is 0 Å². The number of pyridine rings is 1. The van der Waals surface area contributed by atoms with Gasteiger partial charge in [-0.25, -0.2) is 9.78 Å². The molecule has 2 aromatic heterocycles. The van der Waals surface area contributed by atoms with Gasteiger partial charge >= 0.3 is 5.69 Å². The summed E-state index contributed by atoms with van der Waals surface area (Å²) >= 11 is 9.16. The van der Waals surface area contributed by atoms with Gasteiger partial charge in [0.05, 0.1) is 21.7 Å². The highest BCUT2D eigenvalue weighted by Crippen LogP contribution is 2.17. The number of rotatable bonds is 4. The molecule has 20 heavy (non-hydrogen) atoms. The van der Waals surface area contributed by atoms with Crippen molar-refractivity contribution in [2.75, 3.05) is 11.9 Å². The molecule has 0 bridgehead atoms. The highest BCUT2D eigenvalue weighted by Gasteiger charge is 2.08. The molecule has 0 aliphatic carbocycles. The van der Waals surface area contributed by atoms with E-state index in [1.165, 1.54) is 10.8 Å². The lowest BCUT2D eigenvalue weighted by Gasteiger charge is -2.09. The molecule has 2 N–H and O–H groups in total. The second kappa shape index (κ2) is 6.23. The van der Waals surface area contributed by atoms with Crippen molar-refractivity contribution in [1.29, 1.82) is 0 Å². The van der Waals surface area contributed by atoms with Crippen LogP contribution in [-0.4, -0.2) is 21.1 Å². The number of nitrogens with one attached hydrogen (secondary N) is 2. The van der Waals surface area contributed by atoms with Gasteiger partial charge in [-0.05, 0) is 35.0 Å². The lowest BCUT2D eigenvalue weighted by molar-refractivity contribution is 0.701. The van der Waals surface area contributed by atoms with E-state index in [0.717, 1.165) is 6.54 Å². The van der Waals surface area contributed by atoms with Gasteiger partial charge < -0.3 is 5.32 Å². The smallest absolute Gasteiger partial charge is 0.328 e. The van der Waals surface area contributed by atoms with Crippen LogP contribution in [0.25, 0.3) is 0 Å². The van der Waals surface area contributed by atoms with Crippen molar-refractivity contribution in [2.45, 2.75) is 13.5 Å². The van der Waals surface area contributed by atoms with Gasteiger partial charge in [0.2, 0.25) is 0 Å². The van der Waals surface area contributed by atoms with E-state index >= 15 is 0 Å². The van der Waals surface area contributed by atoms with Gasteiger partial charge in [0.25, 0.3) is 5.56 Å². The van der Waals surface area contributed by atoms with Crippen molar-refractivity contribution >= 4 is 33.3 Å². The van der Waals surface area contributed by atoms with Crippen molar-refractivity contribution in [1.82, 2.24) is 14.5 Å². The average Bonchev–Trinajstić information content (AvgIpc) is 2.40. The molecule has 2 heterocycles. The summed E-state index contributed by atoms with van der Waals surface area (Å²) in [6.45, 7) is 2.87. The normalized spacial score (nSPS) is 10.6. The third-order valence-electron chi connectivity index (χ3n) is 2.56. The molecule has 0 aromatic carbocycles. The minimum absolute atomic E-state index is 0.173. The van der Waals surface area contributed by atoms with E-state index in [4.69, 9.17) is 11.6 Å². The maximum atomic E-state index is 11.7. The first-order valence-corrected chi connectivity index (χ1v) is 7.07. The van der Waals surface area contributed by atoms with Crippen molar-refractivity contribution < 1.29 is 0 Å². The predicted molar refractivity (Wildman–Crippen MR) is 81.5 cm³/mol. The molecule has 2 rings (SSSR count). The monoisotopic (exact) mass is 358 g/mol. The molecule has 106 valence electrons. The molecule has 6 nitrogen and oxygen atoms in total. The van der Waals surface area contributed by atoms with Gasteiger partial charge in [0.1, 0.15) is 5.82 Å². The summed E-state index contributed by atoms with van der Waals surface area (Å²) in [5, 5.41) is 3.53. The quantitative estimate of drug-likeness (QED) is 0.873. The van der Waals surface area contributed by atoms with Crippen molar-refractivity contribution in [3.63, 3.8) is 0 Å². The van der Waals surface area contributed by atoms with Crippen LogP contribution >= 0.6 is 27.5 Å². The molecular formula is C12H12BrClN4O2. The summed E-state index contributed by atoms with van der Waals surface area (Å²) < 4.78 is 1.60. The molecule has 0 radical (unpaired) electrons. The number of aromatic amines is 1. The Bertz CT molecular complexity index is 741. The average molecular weight is 360 g/mol. The fourth-order valence-electron chi connectivity index (χ4n) is 1.64. The van der Waals surface area contributed by atoms with Gasteiger partial charge in [0.15, 0.2) is 0 Å². The number of nitrogens with zero attached hydrogens (tertiary/aromatic N) is 2. The van der Waals surface area contributed by atoms with E-state index in [9.17, 15) is 9.59 Å². The van der Waals surface area contributed by atoms with Crippen LogP contribution in [0.3, 0.4) is 0 Å². The zero-order valence-corrected chi connectivity index (χ0v) is 13.0. The number of hydrogen-bond donors (Lipinski definition) is 2. The van der Waals surface area contributed by atoms with E-state index in [-0.39, 0.29) is 11.0 Å². The number of anilines is 1. The zero-order valence-electron chi connectivity index (χ0n) is 10.6. The summed E-state index contributed by atoms with van der Waals surface area (Å²) in [6.07, 6.45) is 1.42. The van der Waals surface area contributed by atoms with Crippen molar-refractivity contribution in [3.05, 3.63) is 54.4 Å². The van der Waals surface area contributed by atoms with Crippen LogP contribution < -0.4 is 16.6 Å². The Balaban J connectivity index is 2.39. The Kier molecular flexibility index (Phi) is 4.61. The van der Waals surface area contributed by atoms with Gasteiger partial charge in [-0.1, -0.05) is 11.6 Å². The first kappa shape index (κ1) is 14.8. The predicted octanol–water partition coefficient (Wildman–Crippen LogP) is 1.83. The Morgan fingerprint density at radius 1 is 1.45 bits per heavy atom. The van der Waals surface area contributed by atoms with E-state index in [2.05, 4.69) is 31.2 Å². The van der Waals surface area contributed by atoms with Crippen LogP contribution in [-0.2, 0) is 6.54 Å². The van der Waals surface area contributed by atoms with E-state index < -0.39 is 11.2 Å². The largest absolute Gasteiger partial charge is 0.370 e. The van der Waals surface area contributed by atoms with Crippen LogP contribution in [0.15, 0.2) is 32.4 Å². The second-order valence-corrected chi connectivity index (χ2v) is 5.28. The number of H-pyrrole nitrogens is 1. The molecular weight excluding hydrogens is 348 g/mol. The Morgan fingerprint density at radius 2 is 2.20 bits per heavy atom. The topological polar surface area (TPSA) is 79.8 Å². The zero-order chi connectivity index (χ0) is 14.7. The van der Waals surface area contributed by atoms with E-state index in [1.54, 1.807) is 12.1 Å². The van der Waals surface area contributed by atoms with Gasteiger partial charge in [-0.2, -0.15) is 0 Å². The van der Waals surface area contributed by atoms with Crippen LogP contribution in [0, 0.1) is 0 Å². The molecule has 0 unspecified atom stereocenters. The van der Waals surface area contributed by atoms with Crippen LogP contribution in [0.5, 0.6) is 0 Å². The third kappa shape index (κ3) is 3.29. The molecule has 0 aliphatic rings. The van der Waals surface area contributed by atoms with Crippen LogP contribution in [0.4, 0.5) is 5.82 Å². The SMILES string of the molecule is CCNc1ccc(Cl)c(Cn2cc(Br)c(=O)[nH]c2=O)n1. The Morgan fingerprint density at radius 3 is 2.90 bits per heavy atom.